The minimum absolute atomic E-state index is 0.255. The molecule has 0 atom stereocenters. The summed E-state index contributed by atoms with van der Waals surface area (Å²) in [6.45, 7) is 0.255. The lowest BCUT2D eigenvalue weighted by atomic mass is 10.1. The van der Waals surface area contributed by atoms with Crippen LogP contribution in [0.15, 0.2) is 36.4 Å². The molecule has 1 aromatic rings. The standard InChI is InChI=1S/C9H11FN2/c10-5-9(6-11)4-8-2-1-3-12-7-8/h1-3,5,7H,4,6,11H2/b9-5-. The van der Waals surface area contributed by atoms with E-state index in [9.17, 15) is 4.39 Å². The normalized spacial score (nSPS) is 11.7. The van der Waals surface area contributed by atoms with Crippen LogP contribution >= 0.6 is 0 Å². The monoisotopic (exact) mass is 166 g/mol. The largest absolute Gasteiger partial charge is 0.327 e. The maximum absolute atomic E-state index is 12.1. The Morgan fingerprint density at radius 1 is 1.67 bits per heavy atom. The fourth-order valence-corrected chi connectivity index (χ4v) is 0.920. The van der Waals surface area contributed by atoms with E-state index in [0.717, 1.165) is 5.56 Å². The van der Waals surface area contributed by atoms with E-state index in [2.05, 4.69) is 4.98 Å². The van der Waals surface area contributed by atoms with Crippen LogP contribution in [0, 0.1) is 0 Å². The fraction of sp³-hybridized carbons (Fsp3) is 0.222. The van der Waals surface area contributed by atoms with E-state index >= 15 is 0 Å². The molecule has 1 rings (SSSR count). The average molecular weight is 166 g/mol. The van der Waals surface area contributed by atoms with Gasteiger partial charge in [0.15, 0.2) is 0 Å². The first kappa shape index (κ1) is 8.87. The molecule has 0 saturated heterocycles. The second kappa shape index (κ2) is 4.62. The first-order valence-electron chi connectivity index (χ1n) is 3.74. The molecule has 0 bridgehead atoms. The van der Waals surface area contributed by atoms with Gasteiger partial charge in [-0.3, -0.25) is 4.98 Å². The molecule has 0 radical (unpaired) electrons. The molecule has 12 heavy (non-hydrogen) atoms. The highest BCUT2D eigenvalue weighted by atomic mass is 19.1. The molecule has 0 aromatic carbocycles. The molecule has 0 spiro atoms. The lowest BCUT2D eigenvalue weighted by Crippen LogP contribution is -2.05. The Bertz CT molecular complexity index is 256. The molecule has 0 aliphatic heterocycles. The summed E-state index contributed by atoms with van der Waals surface area (Å²) in [6, 6.07) is 3.72. The van der Waals surface area contributed by atoms with Crippen molar-refractivity contribution in [2.75, 3.05) is 6.54 Å². The number of halogens is 1. The quantitative estimate of drug-likeness (QED) is 0.737. The number of hydrogen-bond donors (Lipinski definition) is 1. The molecule has 0 fully saturated rings. The lowest BCUT2D eigenvalue weighted by molar-refractivity contribution is 0.699. The van der Waals surface area contributed by atoms with Crippen LogP contribution in [0.2, 0.25) is 0 Å². The van der Waals surface area contributed by atoms with Crippen LogP contribution in [0.3, 0.4) is 0 Å². The maximum atomic E-state index is 12.1. The van der Waals surface area contributed by atoms with E-state index in [1.165, 1.54) is 0 Å². The van der Waals surface area contributed by atoms with Crippen molar-refractivity contribution in [2.45, 2.75) is 6.42 Å². The summed E-state index contributed by atoms with van der Waals surface area (Å²) in [5.41, 5.74) is 6.87. The Hall–Kier alpha value is -1.22. The van der Waals surface area contributed by atoms with Gasteiger partial charge < -0.3 is 5.73 Å². The minimum Gasteiger partial charge on any atom is -0.327 e. The topological polar surface area (TPSA) is 38.9 Å². The van der Waals surface area contributed by atoms with E-state index in [1.807, 2.05) is 12.1 Å². The molecule has 1 heterocycles. The first-order valence-corrected chi connectivity index (χ1v) is 3.74. The van der Waals surface area contributed by atoms with Gasteiger partial charge in [0.05, 0.1) is 6.33 Å². The van der Waals surface area contributed by atoms with Crippen molar-refractivity contribution in [3.63, 3.8) is 0 Å². The van der Waals surface area contributed by atoms with Gasteiger partial charge in [0.1, 0.15) is 0 Å². The summed E-state index contributed by atoms with van der Waals surface area (Å²) in [5, 5.41) is 0. The molecular formula is C9H11FN2. The second-order valence-electron chi connectivity index (χ2n) is 2.51. The Morgan fingerprint density at radius 3 is 3.00 bits per heavy atom. The van der Waals surface area contributed by atoms with Crippen LogP contribution in [0.1, 0.15) is 5.56 Å². The number of nitrogens with two attached hydrogens (primary N) is 1. The summed E-state index contributed by atoms with van der Waals surface area (Å²) in [4.78, 5) is 3.92. The predicted octanol–water partition coefficient (Wildman–Crippen LogP) is 1.44. The number of nitrogens with zero attached hydrogens (tertiary/aromatic N) is 1. The molecule has 0 saturated carbocycles. The van der Waals surface area contributed by atoms with Gasteiger partial charge in [-0.05, 0) is 23.6 Å². The molecule has 3 heteroatoms. The number of hydrogen-bond acceptors (Lipinski definition) is 2. The zero-order valence-corrected chi connectivity index (χ0v) is 6.70. The Morgan fingerprint density at radius 2 is 2.50 bits per heavy atom. The summed E-state index contributed by atoms with van der Waals surface area (Å²) in [5.74, 6) is 0. The first-order chi connectivity index (χ1) is 5.86. The molecule has 0 unspecified atom stereocenters. The van der Waals surface area contributed by atoms with E-state index in [-0.39, 0.29) is 6.54 Å². The summed E-state index contributed by atoms with van der Waals surface area (Å²) < 4.78 is 12.1. The molecule has 0 amide bonds. The summed E-state index contributed by atoms with van der Waals surface area (Å²) >= 11 is 0. The van der Waals surface area contributed by atoms with Gasteiger partial charge in [-0.1, -0.05) is 6.07 Å². The molecule has 0 aliphatic rings. The molecule has 64 valence electrons. The molecule has 2 N–H and O–H groups in total. The van der Waals surface area contributed by atoms with E-state index in [0.29, 0.717) is 18.3 Å². The van der Waals surface area contributed by atoms with Crippen molar-refractivity contribution in [3.05, 3.63) is 42.0 Å². The third-order valence-corrected chi connectivity index (χ3v) is 1.57. The smallest absolute Gasteiger partial charge is 0.0875 e. The highest BCUT2D eigenvalue weighted by Gasteiger charge is 1.96. The summed E-state index contributed by atoms with van der Waals surface area (Å²) in [7, 11) is 0. The van der Waals surface area contributed by atoms with E-state index < -0.39 is 0 Å². The molecule has 2 nitrogen and oxygen atoms in total. The van der Waals surface area contributed by atoms with Crippen molar-refractivity contribution in [1.82, 2.24) is 4.98 Å². The van der Waals surface area contributed by atoms with Gasteiger partial charge in [-0.25, -0.2) is 4.39 Å². The zero-order valence-electron chi connectivity index (χ0n) is 6.70. The highest BCUT2D eigenvalue weighted by molar-refractivity contribution is 5.17. The van der Waals surface area contributed by atoms with Crippen molar-refractivity contribution in [3.8, 4) is 0 Å². The SMILES string of the molecule is NC/C(=C\F)Cc1cccnc1. The Labute approximate surface area is 70.9 Å². The maximum Gasteiger partial charge on any atom is 0.0875 e. The van der Waals surface area contributed by atoms with Crippen molar-refractivity contribution >= 4 is 0 Å². The third-order valence-electron chi connectivity index (χ3n) is 1.57. The van der Waals surface area contributed by atoms with Crippen molar-refractivity contribution < 1.29 is 4.39 Å². The van der Waals surface area contributed by atoms with Crippen LogP contribution < -0.4 is 5.73 Å². The van der Waals surface area contributed by atoms with Crippen LogP contribution in [0.4, 0.5) is 4.39 Å². The van der Waals surface area contributed by atoms with Gasteiger partial charge in [0.25, 0.3) is 0 Å². The fourth-order valence-electron chi connectivity index (χ4n) is 0.920. The lowest BCUT2D eigenvalue weighted by Gasteiger charge is -2.00. The summed E-state index contributed by atoms with van der Waals surface area (Å²) in [6.07, 6.45) is 4.50. The minimum atomic E-state index is 0.255. The van der Waals surface area contributed by atoms with E-state index in [4.69, 9.17) is 5.73 Å². The average Bonchev–Trinajstić information content (AvgIpc) is 2.16. The van der Waals surface area contributed by atoms with Gasteiger partial charge in [0, 0.05) is 18.9 Å². The van der Waals surface area contributed by atoms with Gasteiger partial charge in [0.2, 0.25) is 0 Å². The van der Waals surface area contributed by atoms with Crippen LogP contribution in [0.25, 0.3) is 0 Å². The molecule has 1 aromatic heterocycles. The number of aromatic nitrogens is 1. The highest BCUT2D eigenvalue weighted by Crippen LogP contribution is 2.04. The molecular weight excluding hydrogens is 155 g/mol. The number of pyridine rings is 1. The van der Waals surface area contributed by atoms with Crippen LogP contribution in [-0.2, 0) is 6.42 Å². The Kier molecular flexibility index (Phi) is 3.41. The van der Waals surface area contributed by atoms with E-state index in [1.54, 1.807) is 12.4 Å². The second-order valence-corrected chi connectivity index (χ2v) is 2.51. The van der Waals surface area contributed by atoms with Crippen molar-refractivity contribution in [1.29, 1.82) is 0 Å². The van der Waals surface area contributed by atoms with Gasteiger partial charge >= 0.3 is 0 Å². The Balaban J connectivity index is 2.64. The van der Waals surface area contributed by atoms with Crippen LogP contribution in [0.5, 0.6) is 0 Å². The zero-order chi connectivity index (χ0) is 8.81. The van der Waals surface area contributed by atoms with Gasteiger partial charge in [-0.15, -0.1) is 0 Å². The predicted molar refractivity (Wildman–Crippen MR) is 46.2 cm³/mol. The third kappa shape index (κ3) is 2.43. The molecule has 0 aliphatic carbocycles. The van der Waals surface area contributed by atoms with Crippen molar-refractivity contribution in [2.24, 2.45) is 5.73 Å². The number of rotatable bonds is 3. The van der Waals surface area contributed by atoms with Crippen LogP contribution in [-0.4, -0.2) is 11.5 Å². The van der Waals surface area contributed by atoms with Gasteiger partial charge in [-0.2, -0.15) is 0 Å².